The molecule has 1 aliphatic heterocycles. The largest absolute Gasteiger partial charge is 0.569 e. The number of nitrogens with zero attached hydrogens (tertiary/aromatic N) is 4. The molecule has 6 N–H and O–H groups in total. The van der Waals surface area contributed by atoms with Gasteiger partial charge in [-0.3, -0.25) is 19.2 Å². The van der Waals surface area contributed by atoms with Crippen molar-refractivity contribution in [2.24, 2.45) is 11.0 Å². The Morgan fingerprint density at radius 1 is 1.15 bits per heavy atom. The maximum Gasteiger partial charge on any atom is 0.409 e. The summed E-state index contributed by atoms with van der Waals surface area (Å²) in [4.78, 5) is 63.9. The second kappa shape index (κ2) is 16.1. The molecule has 39 heavy (non-hydrogen) atoms. The number of piperazine rings is 1. The lowest BCUT2D eigenvalue weighted by Gasteiger charge is -2.30. The van der Waals surface area contributed by atoms with E-state index in [0.29, 0.717) is 0 Å². The van der Waals surface area contributed by atoms with Gasteiger partial charge in [0.15, 0.2) is 9.84 Å². The van der Waals surface area contributed by atoms with Gasteiger partial charge in [-0.05, 0) is 13.3 Å². The molecular weight excluding hydrogens is 550 g/mol. The Morgan fingerprint density at radius 3 is 2.36 bits per heavy atom. The fourth-order valence-electron chi connectivity index (χ4n) is 3.05. The number of sulfone groups is 1. The number of nitrogens with one attached hydrogen (secondary N) is 2. The Bertz CT molecular complexity index is 1010. The highest BCUT2D eigenvalue weighted by Gasteiger charge is 2.29. The van der Waals surface area contributed by atoms with Crippen LogP contribution in [0.4, 0.5) is 4.79 Å². The summed E-state index contributed by atoms with van der Waals surface area (Å²) < 4.78 is 29.9. The molecule has 20 heteroatoms. The van der Waals surface area contributed by atoms with E-state index < -0.39 is 82.8 Å². The number of nitrogens with two attached hydrogens (primary N) is 1. The average Bonchev–Trinajstić information content (AvgIpc) is 2.87. The summed E-state index contributed by atoms with van der Waals surface area (Å²) in [5.41, 5.74) is 5.31. The zero-order valence-electron chi connectivity index (χ0n) is 21.2. The molecule has 19 nitrogen and oxygen atoms in total. The predicted molar refractivity (Wildman–Crippen MR) is 128 cm³/mol. The first-order valence-electron chi connectivity index (χ1n) is 11.7. The summed E-state index contributed by atoms with van der Waals surface area (Å²) in [6, 6.07) is -3.06. The minimum absolute atomic E-state index is 0.110. The third kappa shape index (κ3) is 12.9. The first kappa shape index (κ1) is 33.1. The monoisotopic (exact) mass is 583 g/mol. The summed E-state index contributed by atoms with van der Waals surface area (Å²) in [5, 5.41) is 38.1. The molecule has 1 heterocycles. The molecule has 0 aromatic carbocycles. The van der Waals surface area contributed by atoms with Gasteiger partial charge in [0.1, 0.15) is 25.2 Å². The van der Waals surface area contributed by atoms with E-state index in [9.17, 15) is 37.6 Å². The van der Waals surface area contributed by atoms with Crippen molar-refractivity contribution < 1.29 is 57.1 Å². The van der Waals surface area contributed by atoms with Crippen molar-refractivity contribution in [1.29, 1.82) is 0 Å². The molecule has 0 bridgehead atoms. The van der Waals surface area contributed by atoms with E-state index >= 15 is 0 Å². The second-order valence-electron chi connectivity index (χ2n) is 8.14. The highest BCUT2D eigenvalue weighted by atomic mass is 32.2. The van der Waals surface area contributed by atoms with Gasteiger partial charge in [0.05, 0.1) is 36.2 Å². The number of carboxylic acid groups (broad SMARTS) is 2. The van der Waals surface area contributed by atoms with Crippen LogP contribution in [-0.4, -0.2) is 133 Å². The van der Waals surface area contributed by atoms with Crippen LogP contribution in [0.15, 0.2) is 5.28 Å². The average molecular weight is 584 g/mol. The number of ether oxygens (including phenoxy) is 1. The highest BCUT2D eigenvalue weighted by Crippen LogP contribution is 2.05. The maximum absolute atomic E-state index is 12.5. The lowest BCUT2D eigenvalue weighted by molar-refractivity contribution is -0.712. The number of carbonyl (C=O) groups is 5. The lowest BCUT2D eigenvalue weighted by atomic mass is 10.1. The first-order valence-corrected chi connectivity index (χ1v) is 13.5. The van der Waals surface area contributed by atoms with Crippen molar-refractivity contribution in [1.82, 2.24) is 20.5 Å². The van der Waals surface area contributed by atoms with Crippen LogP contribution in [0.5, 0.6) is 0 Å². The maximum atomic E-state index is 12.5. The molecule has 3 amide bonds. The number of carboxylic acids is 2. The van der Waals surface area contributed by atoms with Crippen LogP contribution in [0.3, 0.4) is 0 Å². The van der Waals surface area contributed by atoms with E-state index in [2.05, 4.69) is 10.6 Å². The minimum Gasteiger partial charge on any atom is -0.569 e. The fourth-order valence-corrected chi connectivity index (χ4v) is 4.29. The van der Waals surface area contributed by atoms with Gasteiger partial charge in [0, 0.05) is 19.5 Å². The van der Waals surface area contributed by atoms with Gasteiger partial charge < -0.3 is 46.3 Å². The van der Waals surface area contributed by atoms with Gasteiger partial charge in [-0.15, -0.1) is 5.01 Å². The molecule has 0 radical (unpaired) electrons. The summed E-state index contributed by atoms with van der Waals surface area (Å²) in [6.45, 7) is 1.08. The van der Waals surface area contributed by atoms with Crippen LogP contribution < -0.4 is 16.4 Å². The van der Waals surface area contributed by atoms with Crippen molar-refractivity contribution in [3.8, 4) is 0 Å². The Morgan fingerprint density at radius 2 is 1.79 bits per heavy atom. The molecule has 1 aliphatic rings. The van der Waals surface area contributed by atoms with Crippen LogP contribution in [0.1, 0.15) is 19.8 Å². The van der Waals surface area contributed by atoms with Crippen molar-refractivity contribution in [2.75, 3.05) is 57.4 Å². The molecule has 0 unspecified atom stereocenters. The highest BCUT2D eigenvalue weighted by molar-refractivity contribution is 7.91. The third-order valence-corrected chi connectivity index (χ3v) is 6.75. The van der Waals surface area contributed by atoms with Gasteiger partial charge in [-0.1, -0.05) is 0 Å². The van der Waals surface area contributed by atoms with E-state index in [1.54, 1.807) is 6.92 Å². The molecule has 0 aromatic rings. The lowest BCUT2D eigenvalue weighted by Crippen LogP contribution is -2.51. The fraction of sp³-hybridized carbons (Fsp3) is 0.737. The van der Waals surface area contributed by atoms with Gasteiger partial charge in [-0.25, -0.2) is 13.2 Å². The molecule has 222 valence electrons. The van der Waals surface area contributed by atoms with Crippen LogP contribution >= 0.6 is 0 Å². The predicted octanol–water partition coefficient (Wildman–Crippen LogP) is -3.14. The number of hydrogen-bond donors (Lipinski definition) is 5. The molecule has 0 aliphatic carbocycles. The number of hydrazine groups is 1. The van der Waals surface area contributed by atoms with E-state index in [1.165, 1.54) is 9.91 Å². The normalized spacial score (nSPS) is 15.6. The number of amides is 3. The zero-order valence-corrected chi connectivity index (χ0v) is 22.0. The van der Waals surface area contributed by atoms with Gasteiger partial charge in [0.25, 0.3) is 0 Å². The number of carbonyl (C=O) groups excluding carboxylic acids is 3. The molecule has 0 spiro atoms. The molecule has 0 aromatic heterocycles. The Labute approximate surface area is 223 Å². The number of aliphatic carboxylic acids is 2. The standard InChI is InChI=1S/C19H33N7O12S/c1-2-37-19(33)24-5-7-25(8-6-24)26(34)23-38-9-10-39(35,36)12-14(17(30)21-11-16(28)29)22-15(27)4-3-13(20)18(31)32/h13-14H,2-12,20H2,1H3,(H,21,30)(H,22,27)(H,28,29)(H,31,32)/b26-23-/t13-,14-/m0/s1. The molecule has 1 saturated heterocycles. The van der Waals surface area contributed by atoms with E-state index in [0.717, 1.165) is 0 Å². The van der Waals surface area contributed by atoms with Gasteiger partial charge >= 0.3 is 18.0 Å². The third-order valence-electron chi connectivity index (χ3n) is 5.12. The number of rotatable bonds is 16. The van der Waals surface area contributed by atoms with Crippen LogP contribution in [0.25, 0.3) is 0 Å². The Balaban J connectivity index is 2.64. The summed E-state index contributed by atoms with van der Waals surface area (Å²) in [5.74, 6) is -6.42. The zero-order chi connectivity index (χ0) is 29.6. The van der Waals surface area contributed by atoms with E-state index in [-0.39, 0.29) is 44.2 Å². The van der Waals surface area contributed by atoms with E-state index in [1.807, 2.05) is 5.32 Å². The quantitative estimate of drug-likeness (QED) is 0.0520. The molecule has 1 fully saturated rings. The van der Waals surface area contributed by atoms with Crippen molar-refractivity contribution in [3.05, 3.63) is 5.21 Å². The molecule has 1 rings (SSSR count). The summed E-state index contributed by atoms with van der Waals surface area (Å²) >= 11 is 0. The minimum atomic E-state index is -4.12. The SMILES string of the molecule is CCOC(=O)N1CCN(/[N+]([O-])=N/OCCS(=O)(=O)C[C@H](NC(=O)CC[C@H](N)C(=O)O)C(=O)NCC(=O)O)CC1. The van der Waals surface area contributed by atoms with Crippen LogP contribution in [0.2, 0.25) is 0 Å². The van der Waals surface area contributed by atoms with Crippen molar-refractivity contribution >= 4 is 39.7 Å². The molecule has 0 saturated carbocycles. The van der Waals surface area contributed by atoms with Crippen molar-refractivity contribution in [2.45, 2.75) is 31.8 Å². The van der Waals surface area contributed by atoms with Crippen molar-refractivity contribution in [3.63, 3.8) is 0 Å². The first-order chi connectivity index (χ1) is 18.3. The summed E-state index contributed by atoms with van der Waals surface area (Å²) in [6.07, 6.45) is -1.25. The number of hydrogen-bond acceptors (Lipinski definition) is 12. The van der Waals surface area contributed by atoms with Crippen LogP contribution in [-0.2, 0) is 38.6 Å². The smallest absolute Gasteiger partial charge is 0.409 e. The van der Waals surface area contributed by atoms with E-state index in [4.69, 9.17) is 25.5 Å². The van der Waals surface area contributed by atoms with Crippen LogP contribution in [0, 0.1) is 5.21 Å². The molecule has 2 atom stereocenters. The summed E-state index contributed by atoms with van der Waals surface area (Å²) in [7, 11) is -4.12. The van der Waals surface area contributed by atoms with Gasteiger partial charge in [0.2, 0.25) is 17.1 Å². The second-order valence-corrected chi connectivity index (χ2v) is 10.4. The molecular formula is C19H33N7O12S. The Kier molecular flexibility index (Phi) is 13.7. The topological polar surface area (TPSA) is 273 Å². The van der Waals surface area contributed by atoms with Gasteiger partial charge in [-0.2, -0.15) is 0 Å². The Hall–Kier alpha value is -3.94.